The van der Waals surface area contributed by atoms with Gasteiger partial charge in [-0.15, -0.1) is 0 Å². The van der Waals surface area contributed by atoms with Crippen molar-refractivity contribution >= 4 is 27.3 Å². The van der Waals surface area contributed by atoms with Gasteiger partial charge in [-0.2, -0.15) is 0 Å². The summed E-state index contributed by atoms with van der Waals surface area (Å²) in [5.74, 6) is 0.155. The number of nitrogens with zero attached hydrogens (tertiary/aromatic N) is 1. The van der Waals surface area contributed by atoms with Gasteiger partial charge in [0.2, 0.25) is 15.9 Å². The van der Waals surface area contributed by atoms with E-state index in [1.54, 1.807) is 0 Å². The van der Waals surface area contributed by atoms with E-state index in [-0.39, 0.29) is 35.0 Å². The molecule has 0 atom stereocenters. The van der Waals surface area contributed by atoms with Gasteiger partial charge >= 0.3 is 0 Å². The summed E-state index contributed by atoms with van der Waals surface area (Å²) in [6.45, 7) is -0.155. The van der Waals surface area contributed by atoms with Gasteiger partial charge in [-0.25, -0.2) is 13.1 Å². The average Bonchev–Trinajstić information content (AvgIpc) is 2.67. The Morgan fingerprint density at radius 2 is 1.82 bits per heavy atom. The van der Waals surface area contributed by atoms with Gasteiger partial charge in [-0.3, -0.25) is 14.9 Å². The second-order valence-electron chi connectivity index (χ2n) is 5.52. The van der Waals surface area contributed by atoms with Crippen molar-refractivity contribution in [2.45, 2.75) is 11.3 Å². The number of ether oxygens (including phenoxy) is 2. The first-order chi connectivity index (χ1) is 13.3. The monoisotopic (exact) mass is 409 g/mol. The van der Waals surface area contributed by atoms with Crippen molar-refractivity contribution in [2.75, 3.05) is 26.1 Å². The molecule has 0 radical (unpaired) electrons. The van der Waals surface area contributed by atoms with Crippen molar-refractivity contribution in [3.8, 4) is 11.5 Å². The van der Waals surface area contributed by atoms with Crippen molar-refractivity contribution in [1.29, 1.82) is 0 Å². The lowest BCUT2D eigenvalue weighted by Crippen LogP contribution is -2.27. The van der Waals surface area contributed by atoms with Gasteiger partial charge in [0.1, 0.15) is 0 Å². The number of non-ortho nitro benzene ring substituents is 1. The zero-order valence-corrected chi connectivity index (χ0v) is 16.0. The van der Waals surface area contributed by atoms with Crippen LogP contribution in [0.1, 0.15) is 6.42 Å². The number of hydrogen-bond donors (Lipinski definition) is 2. The number of carbonyl (C=O) groups is 1. The third kappa shape index (κ3) is 5.41. The normalized spacial score (nSPS) is 10.9. The molecule has 2 aromatic rings. The Balaban J connectivity index is 1.95. The number of anilines is 1. The summed E-state index contributed by atoms with van der Waals surface area (Å²) in [7, 11) is -1.04. The minimum atomic E-state index is -3.86. The van der Waals surface area contributed by atoms with E-state index in [1.807, 2.05) is 0 Å². The summed E-state index contributed by atoms with van der Waals surface area (Å²) in [6, 6.07) is 9.57. The number of carbonyl (C=O) groups excluding carboxylic acids is 1. The largest absolute Gasteiger partial charge is 0.493 e. The Labute approximate surface area is 161 Å². The fourth-order valence-electron chi connectivity index (χ4n) is 2.29. The maximum Gasteiger partial charge on any atom is 0.271 e. The van der Waals surface area contributed by atoms with Crippen molar-refractivity contribution < 1.29 is 27.6 Å². The highest BCUT2D eigenvalue weighted by Crippen LogP contribution is 2.29. The lowest BCUT2D eigenvalue weighted by atomic mass is 10.2. The number of sulfonamides is 1. The van der Waals surface area contributed by atoms with Crippen LogP contribution < -0.4 is 19.5 Å². The van der Waals surface area contributed by atoms with E-state index in [4.69, 9.17) is 9.47 Å². The number of rotatable bonds is 9. The number of benzene rings is 2. The molecule has 0 unspecified atom stereocenters. The molecule has 0 fully saturated rings. The van der Waals surface area contributed by atoms with Gasteiger partial charge in [0.15, 0.2) is 11.5 Å². The molecule has 0 saturated heterocycles. The van der Waals surface area contributed by atoms with E-state index in [2.05, 4.69) is 10.0 Å². The van der Waals surface area contributed by atoms with E-state index in [0.717, 1.165) is 0 Å². The molecular formula is C17H19N3O7S. The minimum absolute atomic E-state index is 0.0377. The molecule has 0 heterocycles. The number of methoxy groups -OCH3 is 2. The number of hydrogen-bond acceptors (Lipinski definition) is 7. The summed E-state index contributed by atoms with van der Waals surface area (Å²) in [5.41, 5.74) is 0.0916. The van der Waals surface area contributed by atoms with Gasteiger partial charge in [0.25, 0.3) is 5.69 Å². The molecule has 0 bridgehead atoms. The van der Waals surface area contributed by atoms with E-state index in [9.17, 15) is 23.3 Å². The molecule has 0 spiro atoms. The van der Waals surface area contributed by atoms with Crippen LogP contribution >= 0.6 is 0 Å². The highest BCUT2D eigenvalue weighted by Gasteiger charge is 2.17. The molecule has 28 heavy (non-hydrogen) atoms. The Kier molecular flexibility index (Phi) is 6.90. The summed E-state index contributed by atoms with van der Waals surface area (Å²) >= 11 is 0. The smallest absolute Gasteiger partial charge is 0.271 e. The molecule has 10 nitrogen and oxygen atoms in total. The summed E-state index contributed by atoms with van der Waals surface area (Å²) in [5, 5.41) is 13.2. The third-order valence-corrected chi connectivity index (χ3v) is 5.11. The highest BCUT2D eigenvalue weighted by molar-refractivity contribution is 7.89. The molecule has 150 valence electrons. The number of amides is 1. The molecule has 2 rings (SSSR count). The first-order valence-electron chi connectivity index (χ1n) is 8.03. The average molecular weight is 409 g/mol. The van der Waals surface area contributed by atoms with Crippen molar-refractivity contribution in [3.05, 3.63) is 52.6 Å². The van der Waals surface area contributed by atoms with Gasteiger partial charge in [-0.1, -0.05) is 6.07 Å². The predicted octanol–water partition coefficient (Wildman–Crippen LogP) is 1.92. The minimum Gasteiger partial charge on any atom is -0.493 e. The fraction of sp³-hybridized carbons (Fsp3) is 0.235. The van der Waals surface area contributed by atoms with Crippen LogP contribution in [0.3, 0.4) is 0 Å². The number of nitro groups is 1. The quantitative estimate of drug-likeness (QED) is 0.477. The Bertz CT molecular complexity index is 976. The van der Waals surface area contributed by atoms with Gasteiger partial charge < -0.3 is 14.8 Å². The standard InChI is InChI=1S/C17H19N3O7S/c1-26-15-7-6-14(11-16(15)27-2)28(24,25)18-9-8-17(21)19-12-4-3-5-13(10-12)20(22)23/h3-7,10-11,18H,8-9H2,1-2H3,(H,19,21). The Hall–Kier alpha value is -3.18. The topological polar surface area (TPSA) is 137 Å². The van der Waals surface area contributed by atoms with Crippen LogP contribution in [-0.4, -0.2) is 40.0 Å². The third-order valence-electron chi connectivity index (χ3n) is 3.65. The van der Waals surface area contributed by atoms with Crippen molar-refractivity contribution in [2.24, 2.45) is 0 Å². The molecule has 0 aliphatic heterocycles. The predicted molar refractivity (Wildman–Crippen MR) is 101 cm³/mol. The zero-order valence-electron chi connectivity index (χ0n) is 15.2. The first kappa shape index (κ1) is 21.1. The van der Waals surface area contributed by atoms with Crippen molar-refractivity contribution in [1.82, 2.24) is 4.72 Å². The zero-order chi connectivity index (χ0) is 20.7. The van der Waals surface area contributed by atoms with Gasteiger partial charge in [0, 0.05) is 36.9 Å². The van der Waals surface area contributed by atoms with Crippen LogP contribution in [-0.2, 0) is 14.8 Å². The molecule has 0 aromatic heterocycles. The number of nitrogens with one attached hydrogen (secondary N) is 2. The van der Waals surface area contributed by atoms with Gasteiger partial charge in [0.05, 0.1) is 24.0 Å². The van der Waals surface area contributed by atoms with E-state index in [0.29, 0.717) is 5.75 Å². The molecule has 2 N–H and O–H groups in total. The van der Waals surface area contributed by atoms with Crippen LogP contribution in [0.5, 0.6) is 11.5 Å². The summed E-state index contributed by atoms with van der Waals surface area (Å²) < 4.78 is 37.1. The molecule has 0 saturated carbocycles. The van der Waals surface area contributed by atoms with Crippen molar-refractivity contribution in [3.63, 3.8) is 0 Å². The number of nitro benzene ring substituents is 1. The van der Waals surface area contributed by atoms with Crippen LogP contribution in [0.2, 0.25) is 0 Å². The van der Waals surface area contributed by atoms with Crippen LogP contribution in [0.4, 0.5) is 11.4 Å². The Morgan fingerprint density at radius 3 is 2.46 bits per heavy atom. The van der Waals surface area contributed by atoms with Crippen LogP contribution in [0.25, 0.3) is 0 Å². The van der Waals surface area contributed by atoms with Gasteiger partial charge in [-0.05, 0) is 18.2 Å². The first-order valence-corrected chi connectivity index (χ1v) is 9.51. The van der Waals surface area contributed by atoms with Crippen LogP contribution in [0.15, 0.2) is 47.4 Å². The molecule has 1 amide bonds. The molecule has 2 aromatic carbocycles. The maximum atomic E-state index is 12.3. The molecule has 11 heteroatoms. The van der Waals surface area contributed by atoms with E-state index >= 15 is 0 Å². The lowest BCUT2D eigenvalue weighted by molar-refractivity contribution is -0.384. The molecule has 0 aliphatic carbocycles. The van der Waals surface area contributed by atoms with E-state index < -0.39 is 20.9 Å². The van der Waals surface area contributed by atoms with E-state index in [1.165, 1.54) is 56.7 Å². The SMILES string of the molecule is COc1ccc(S(=O)(=O)NCCC(=O)Nc2cccc([N+](=O)[O-])c2)cc1OC. The second-order valence-corrected chi connectivity index (χ2v) is 7.29. The molecule has 0 aliphatic rings. The summed E-state index contributed by atoms with van der Waals surface area (Å²) in [4.78, 5) is 22.1. The van der Waals surface area contributed by atoms with Crippen LogP contribution in [0, 0.1) is 10.1 Å². The summed E-state index contributed by atoms with van der Waals surface area (Å²) in [6.07, 6.45) is -0.158. The maximum absolute atomic E-state index is 12.3. The lowest BCUT2D eigenvalue weighted by Gasteiger charge is -2.11. The fourth-order valence-corrected chi connectivity index (χ4v) is 3.33. The molecular weight excluding hydrogens is 390 g/mol. The second kappa shape index (κ2) is 9.15. The highest BCUT2D eigenvalue weighted by atomic mass is 32.2. The Morgan fingerprint density at radius 1 is 1.11 bits per heavy atom.